The van der Waals surface area contributed by atoms with Crippen LogP contribution in [0.4, 0.5) is 44.2 Å². The molecule has 6 aliphatic rings. The lowest BCUT2D eigenvalue weighted by Gasteiger charge is -2.30. The number of carbonyl (C=O) groups excluding carboxylic acids is 5. The number of amides is 4. The second-order valence-corrected chi connectivity index (χ2v) is 38.0. The minimum absolute atomic E-state index is 0.0221. The monoisotopic (exact) mass is 1950 g/mol. The van der Waals surface area contributed by atoms with Gasteiger partial charge in [-0.2, -0.15) is 30.4 Å². The summed E-state index contributed by atoms with van der Waals surface area (Å²) < 4.78 is 42.9. The second-order valence-electron chi connectivity index (χ2n) is 35.4. The van der Waals surface area contributed by atoms with Gasteiger partial charge in [0.15, 0.2) is 39.5 Å². The van der Waals surface area contributed by atoms with Gasteiger partial charge in [-0.3, -0.25) is 44.0 Å². The molecule has 1 aliphatic carbocycles. The Labute approximate surface area is 830 Å². The Balaban J connectivity index is 0.486. The molecule has 143 heavy (non-hydrogen) atoms. The Morgan fingerprint density at radius 3 is 2.08 bits per heavy atom. The number of fused-ring (bicyclic) bond motifs is 5. The van der Waals surface area contributed by atoms with Crippen LogP contribution >= 0.6 is 34.7 Å². The maximum absolute atomic E-state index is 14.9. The first-order chi connectivity index (χ1) is 69.5. The number of rotatable bonds is 27. The highest BCUT2D eigenvalue weighted by molar-refractivity contribution is 8.00. The third kappa shape index (κ3) is 17.6. The van der Waals surface area contributed by atoms with Gasteiger partial charge in [0.05, 0.1) is 71.0 Å². The van der Waals surface area contributed by atoms with Crippen molar-refractivity contribution < 1.29 is 57.3 Å². The lowest BCUT2D eigenvalue weighted by Crippen LogP contribution is -2.45. The van der Waals surface area contributed by atoms with Crippen LogP contribution in [0.1, 0.15) is 115 Å². The molecular weight excluding hydrogens is 1870 g/mol. The number of methoxy groups -OCH3 is 2. The zero-order chi connectivity index (χ0) is 98.1. The molecule has 708 valence electrons. The van der Waals surface area contributed by atoms with E-state index in [1.54, 1.807) is 47.1 Å². The molecule has 0 bridgehead atoms. The van der Waals surface area contributed by atoms with Gasteiger partial charge in [0.2, 0.25) is 16.9 Å². The molecule has 30 nitrogen and oxygen atoms in total. The Morgan fingerprint density at radius 2 is 1.34 bits per heavy atom. The maximum Gasteiger partial charge on any atom is 0.296 e. The third-order valence-electron chi connectivity index (χ3n) is 26.2. The van der Waals surface area contributed by atoms with Crippen LogP contribution in [0.25, 0.3) is 39.4 Å². The summed E-state index contributed by atoms with van der Waals surface area (Å²) in [5, 5.41) is 68.9. The molecule has 0 radical (unpaired) electrons. The Hall–Kier alpha value is -17.2. The fraction of sp³-hybridized carbons (Fsp3) is 0.156. The average molecular weight is 1960 g/mol. The van der Waals surface area contributed by atoms with E-state index in [4.69, 9.17) is 55.8 Å². The number of nitrogens with zero attached hydrogens (tertiary/aromatic N) is 16. The number of hydrazone groups is 1. The molecule has 1 saturated carbocycles. The molecule has 10 heterocycles. The van der Waals surface area contributed by atoms with Crippen molar-refractivity contribution in [2.24, 2.45) is 21.4 Å². The predicted molar refractivity (Wildman–Crippen MR) is 541 cm³/mol. The lowest BCUT2D eigenvalue weighted by molar-refractivity contribution is -0.384. The first-order valence-corrected chi connectivity index (χ1v) is 48.2. The molecule has 1 unspecified atom stereocenters. The molecular formula is C109H84ClFN18O12S2. The van der Waals surface area contributed by atoms with Crippen molar-refractivity contribution in [2.45, 2.75) is 86.6 Å². The number of allylic oxidation sites excluding steroid dienone is 1. The summed E-state index contributed by atoms with van der Waals surface area (Å²) in [4.78, 5) is 96.1. The summed E-state index contributed by atoms with van der Waals surface area (Å²) in [7, 11) is 2.94. The van der Waals surface area contributed by atoms with Crippen molar-refractivity contribution in [3.05, 3.63) is 396 Å². The number of nitro groups is 1. The summed E-state index contributed by atoms with van der Waals surface area (Å²) in [6, 6.07) is 83.0. The number of benzene rings is 11. The van der Waals surface area contributed by atoms with Crippen LogP contribution in [0.5, 0.6) is 34.8 Å². The number of nitro benzene ring substituents is 1. The van der Waals surface area contributed by atoms with Crippen LogP contribution in [0, 0.1) is 42.6 Å². The number of hydrogen-bond donors (Lipinski definition) is 3. The topological polar surface area (TPSA) is 347 Å². The van der Waals surface area contributed by atoms with Crippen molar-refractivity contribution in [3.63, 3.8) is 0 Å². The highest BCUT2D eigenvalue weighted by Crippen LogP contribution is 2.52. The fourth-order valence-corrected chi connectivity index (χ4v) is 21.5. The smallest absolute Gasteiger partial charge is 0.296 e. The quantitative estimate of drug-likeness (QED) is 0.0107. The number of ketones is 1. The van der Waals surface area contributed by atoms with E-state index in [2.05, 4.69) is 97.9 Å². The van der Waals surface area contributed by atoms with Crippen molar-refractivity contribution in [1.82, 2.24) is 49.7 Å². The van der Waals surface area contributed by atoms with E-state index in [1.165, 1.54) is 88.6 Å². The van der Waals surface area contributed by atoms with E-state index in [0.29, 0.717) is 90.7 Å². The molecule has 2 fully saturated rings. The minimum Gasteiger partial charge on any atom is -0.503 e. The first kappa shape index (κ1) is 90.9. The molecule has 22 rings (SSSR count). The fourth-order valence-electron chi connectivity index (χ4n) is 19.5. The average Bonchev–Trinajstić information content (AvgIpc) is 1.70. The van der Waals surface area contributed by atoms with Gasteiger partial charge in [-0.1, -0.05) is 197 Å². The highest BCUT2D eigenvalue weighted by Gasteiger charge is 2.56. The molecule has 3 N–H and O–H groups in total. The molecule has 5 aromatic heterocycles. The Bertz CT molecular complexity index is 8020. The molecule has 4 amide bonds. The Morgan fingerprint density at radius 1 is 0.650 bits per heavy atom. The summed E-state index contributed by atoms with van der Waals surface area (Å²) in [6.07, 6.45) is 5.11. The number of ether oxygens (including phenoxy) is 4. The first-order valence-electron chi connectivity index (χ1n) is 46.0. The van der Waals surface area contributed by atoms with Crippen LogP contribution < -0.4 is 39.4 Å². The van der Waals surface area contributed by atoms with Gasteiger partial charge in [-0.25, -0.2) is 23.7 Å². The van der Waals surface area contributed by atoms with Gasteiger partial charge in [-0.15, -0.1) is 10.2 Å². The third-order valence-corrected chi connectivity index (χ3v) is 28.6. The van der Waals surface area contributed by atoms with E-state index in [9.17, 15) is 43.6 Å². The number of halogens is 2. The molecule has 5 aliphatic heterocycles. The predicted octanol–water partition coefficient (Wildman–Crippen LogP) is 22.5. The minimum atomic E-state index is -1.18. The van der Waals surface area contributed by atoms with Gasteiger partial charge in [0.25, 0.3) is 29.3 Å². The number of imide groups is 1. The number of aryl methyl sites for hydroxylation is 3. The molecule has 16 aromatic rings. The van der Waals surface area contributed by atoms with Gasteiger partial charge in [0, 0.05) is 52.5 Å². The van der Waals surface area contributed by atoms with Crippen molar-refractivity contribution in [2.75, 3.05) is 41.2 Å². The van der Waals surface area contributed by atoms with Gasteiger partial charge in [-0.05, 0) is 234 Å². The Kier molecular flexibility index (Phi) is 24.1. The molecule has 1 saturated heterocycles. The van der Waals surface area contributed by atoms with E-state index >= 15 is 0 Å². The normalized spacial score (nSPS) is 17.5. The maximum atomic E-state index is 14.9. The number of aromatic nitrogens is 8. The van der Waals surface area contributed by atoms with Gasteiger partial charge in [0.1, 0.15) is 52.2 Å². The number of carbonyl (C=O) groups is 5. The zero-order valence-corrected chi connectivity index (χ0v) is 79.5. The summed E-state index contributed by atoms with van der Waals surface area (Å²) >= 11 is 9.12. The van der Waals surface area contributed by atoms with E-state index in [1.807, 2.05) is 165 Å². The number of nitrogens with one attached hydrogen (secondary N) is 2. The van der Waals surface area contributed by atoms with Crippen molar-refractivity contribution in [3.8, 4) is 57.3 Å². The number of Topliss-reactive ketones (excluding diaryl/α,β-unsaturated/α-hetero) is 1. The number of anilines is 6. The number of aliphatic hydroxyl groups excluding tert-OH is 1. The summed E-state index contributed by atoms with van der Waals surface area (Å²) in [5.41, 5.74) is 14.6. The van der Waals surface area contributed by atoms with Crippen LogP contribution in [0.15, 0.2) is 322 Å². The number of pyridine rings is 2. The molecule has 11 aromatic carbocycles. The zero-order valence-electron chi connectivity index (χ0n) is 77.1. The van der Waals surface area contributed by atoms with Crippen molar-refractivity contribution in [1.29, 1.82) is 0 Å². The van der Waals surface area contributed by atoms with Gasteiger partial charge < -0.3 is 34.7 Å². The van der Waals surface area contributed by atoms with Crippen molar-refractivity contribution >= 4 is 126 Å². The van der Waals surface area contributed by atoms with E-state index < -0.39 is 76.0 Å². The number of thioether (sulfide) groups is 1. The van der Waals surface area contributed by atoms with Crippen LogP contribution in [0.3, 0.4) is 0 Å². The standard InChI is InChI=1S/C109H84ClFN18O12S2/c1-60-28-34-68(35-29-60)98-84-27-12-18-71(96(84)121-128(98)93(130)58-123-100-97(116-122-123)105(133)124(106(100)134)76-22-13-21-75(111)57-76)51-64-32-30-63(31-33-64)50-65-14-8-23-77(52-65)126-91(48-61(2)119-126)112-89-46-42-82-94(70-38-44-85(110)86(55-70)129(136)137)83-43-47-90(115-104(83)141-103(82)114-89)113-92-49-62(3)120-127(92)78-24-10-17-69(53-78)66-36-40-79(41-37-66)140-80-25-11-19-72(54-80)99-95(101(131)73-39-45-87(138-4)88(56-73)139-5)102(132)107(135)125(99)108-117-118-109(143-108)142-59-74-20-9-16-67-15-6-7-26-81(67)74/h6-11,13-17,19-26,28-49,51-57,84,94,97-100,132H,12,18,27,50,58-59H2,1-5H3,(H,112,114)(H,113,115)/b71-51+/t84-,94?,97+,98-,99+,100+/m1/s1. The molecule has 6 atom stereocenters. The van der Waals surface area contributed by atoms with Gasteiger partial charge >= 0.3 is 0 Å². The summed E-state index contributed by atoms with van der Waals surface area (Å²) in [5.74, 6) is -0.860. The van der Waals surface area contributed by atoms with E-state index in [0.717, 1.165) is 108 Å². The number of hydrogen-bond acceptors (Lipinski definition) is 26. The largest absolute Gasteiger partial charge is 0.503 e. The molecule has 34 heteroatoms. The second kappa shape index (κ2) is 37.9. The lowest BCUT2D eigenvalue weighted by atomic mass is 9.77. The van der Waals surface area contributed by atoms with Crippen LogP contribution in [0.2, 0.25) is 5.02 Å². The number of aliphatic hydroxyl groups is 1. The highest BCUT2D eigenvalue weighted by atomic mass is 35.5. The SMILES string of the molecule is COc1ccc(C(=O)C2=C(O)C(=O)N(c3nnc(SCc4cccc5ccccc45)s3)[C@H]2c2cccc(Oc3ccc(-c4cccc(-n5nc(C)cc5Nc5ccc6c(n5)Oc5nc(Nc7cc(C)nn7-c7cccc(Cc8ccc(/C=C9\CCC[C@@H]%10C9=NN(C(=O)CN9N=N[C@@H]%11C(=O)N(c%12cccc(F)c%12)C(=O)[C@H]%119)[C@@H]%10c9ccc(C)cc9)cc8)c7)ccc5C6c5ccc(Cl)c([N+](=O)[O-])c5)c4)cc3)c2)cc1OC. The van der Waals surface area contributed by atoms with E-state index in [-0.39, 0.29) is 62.6 Å². The summed E-state index contributed by atoms with van der Waals surface area (Å²) in [6.45, 7) is 5.42. The molecule has 0 spiro atoms. The van der Waals surface area contributed by atoms with Crippen LogP contribution in [-0.4, -0.2) is 128 Å². The van der Waals surface area contributed by atoms with Crippen LogP contribution in [-0.2, 0) is 31.4 Å².